The minimum Gasteiger partial charge on any atom is -0.387 e. The van der Waals surface area contributed by atoms with Crippen LogP contribution in [0.15, 0.2) is 11.3 Å². The van der Waals surface area contributed by atoms with Gasteiger partial charge in [0.05, 0.1) is 0 Å². The molecule has 2 heteroatoms. The minimum atomic E-state index is 1.09. The molecule has 0 atom stereocenters. The highest BCUT2D eigenvalue weighted by atomic mass is 15.1. The molecule has 1 aliphatic rings. The lowest BCUT2D eigenvalue weighted by atomic mass is 10.1. The maximum Gasteiger partial charge on any atom is 0.0271 e. The lowest BCUT2D eigenvalue weighted by Gasteiger charge is -2.23. The van der Waals surface area contributed by atoms with Crippen molar-refractivity contribution in [1.82, 2.24) is 10.2 Å². The average Bonchev–Trinajstić information content (AvgIpc) is 2.06. The summed E-state index contributed by atoms with van der Waals surface area (Å²) >= 11 is 0. The van der Waals surface area contributed by atoms with E-state index in [4.69, 9.17) is 0 Å². The summed E-state index contributed by atoms with van der Waals surface area (Å²) in [5, 5.41) is 3.49. The summed E-state index contributed by atoms with van der Waals surface area (Å²) in [6, 6.07) is 0. The molecule has 0 bridgehead atoms. The van der Waals surface area contributed by atoms with Gasteiger partial charge in [0.25, 0.3) is 0 Å². The molecule has 1 aliphatic heterocycles. The van der Waals surface area contributed by atoms with Crippen LogP contribution in [0.1, 0.15) is 26.7 Å². The summed E-state index contributed by atoms with van der Waals surface area (Å²) in [7, 11) is 2.19. The van der Waals surface area contributed by atoms with Gasteiger partial charge in [-0.15, -0.1) is 0 Å². The van der Waals surface area contributed by atoms with E-state index in [0.717, 1.165) is 19.5 Å². The smallest absolute Gasteiger partial charge is 0.0271 e. The number of nitrogens with one attached hydrogen (secondary N) is 1. The topological polar surface area (TPSA) is 15.3 Å². The summed E-state index contributed by atoms with van der Waals surface area (Å²) < 4.78 is 0. The lowest BCUT2D eigenvalue weighted by Crippen LogP contribution is -2.32. The summed E-state index contributed by atoms with van der Waals surface area (Å²) in [4.78, 5) is 2.38. The van der Waals surface area contributed by atoms with Crippen molar-refractivity contribution < 1.29 is 0 Å². The maximum atomic E-state index is 3.49. The monoisotopic (exact) mass is 168 g/mol. The second kappa shape index (κ2) is 4.51. The molecule has 0 saturated carbocycles. The molecule has 1 heterocycles. The van der Waals surface area contributed by atoms with Gasteiger partial charge in [0.15, 0.2) is 0 Å². The van der Waals surface area contributed by atoms with E-state index in [0.29, 0.717) is 0 Å². The maximum absolute atomic E-state index is 3.49. The van der Waals surface area contributed by atoms with Gasteiger partial charge < -0.3 is 10.2 Å². The number of rotatable bonds is 1. The van der Waals surface area contributed by atoms with Crippen molar-refractivity contribution in [1.29, 1.82) is 0 Å². The average molecular weight is 168 g/mol. The third-order valence-corrected chi connectivity index (χ3v) is 2.57. The van der Waals surface area contributed by atoms with Crippen molar-refractivity contribution in [2.24, 2.45) is 0 Å². The van der Waals surface area contributed by atoms with Crippen LogP contribution in [0.2, 0.25) is 0 Å². The Morgan fingerprint density at radius 1 is 1.42 bits per heavy atom. The molecule has 0 aromatic heterocycles. The van der Waals surface area contributed by atoms with Gasteiger partial charge in [-0.1, -0.05) is 12.5 Å². The first kappa shape index (κ1) is 9.59. The molecule has 0 unspecified atom stereocenters. The highest BCUT2D eigenvalue weighted by Crippen LogP contribution is 2.11. The predicted molar refractivity (Wildman–Crippen MR) is 53.1 cm³/mol. The molecule has 2 nitrogen and oxygen atoms in total. The molecule has 1 N–H and O–H groups in total. The van der Waals surface area contributed by atoms with Gasteiger partial charge in [-0.25, -0.2) is 0 Å². The van der Waals surface area contributed by atoms with Crippen molar-refractivity contribution in [3.8, 4) is 0 Å². The SMILES string of the molecule is CC/C1=C(\C)CCN(C)CCN1. The number of hydrogen-bond acceptors (Lipinski definition) is 2. The number of likely N-dealkylation sites (N-methyl/N-ethyl adjacent to an activating group) is 1. The van der Waals surface area contributed by atoms with Crippen LogP contribution in [0, 0.1) is 0 Å². The fourth-order valence-corrected chi connectivity index (χ4v) is 1.60. The van der Waals surface area contributed by atoms with E-state index in [2.05, 4.69) is 31.1 Å². The Labute approximate surface area is 75.6 Å². The Kier molecular flexibility index (Phi) is 3.60. The quantitative estimate of drug-likeness (QED) is 0.639. The number of nitrogens with zero attached hydrogens (tertiary/aromatic N) is 1. The van der Waals surface area contributed by atoms with Crippen LogP contribution < -0.4 is 5.32 Å². The zero-order valence-corrected chi connectivity index (χ0v) is 8.48. The highest BCUT2D eigenvalue weighted by Gasteiger charge is 2.06. The molecule has 70 valence electrons. The van der Waals surface area contributed by atoms with Gasteiger partial charge in [0.1, 0.15) is 0 Å². The first-order valence-electron chi connectivity index (χ1n) is 4.85. The molecule has 0 amide bonds. The summed E-state index contributed by atoms with van der Waals surface area (Å²) in [6.45, 7) is 7.92. The molecular formula is C10H20N2. The molecule has 1 rings (SSSR count). The van der Waals surface area contributed by atoms with E-state index in [1.807, 2.05) is 0 Å². The molecule has 0 saturated heterocycles. The van der Waals surface area contributed by atoms with Gasteiger partial charge >= 0.3 is 0 Å². The molecule has 0 radical (unpaired) electrons. The molecular weight excluding hydrogens is 148 g/mol. The Bertz CT molecular complexity index is 173. The third kappa shape index (κ3) is 2.52. The summed E-state index contributed by atoms with van der Waals surface area (Å²) in [5.41, 5.74) is 2.99. The zero-order chi connectivity index (χ0) is 8.97. The van der Waals surface area contributed by atoms with E-state index in [1.165, 1.54) is 24.2 Å². The Hall–Kier alpha value is -0.500. The fourth-order valence-electron chi connectivity index (χ4n) is 1.60. The number of hydrogen-bond donors (Lipinski definition) is 1. The van der Waals surface area contributed by atoms with Gasteiger partial charge in [0, 0.05) is 25.3 Å². The van der Waals surface area contributed by atoms with Crippen LogP contribution >= 0.6 is 0 Å². The first-order chi connectivity index (χ1) is 5.74. The Morgan fingerprint density at radius 2 is 2.17 bits per heavy atom. The molecule has 0 aliphatic carbocycles. The summed E-state index contributed by atoms with van der Waals surface area (Å²) in [5.74, 6) is 0. The largest absolute Gasteiger partial charge is 0.387 e. The van der Waals surface area contributed by atoms with Crippen LogP contribution in [-0.4, -0.2) is 31.6 Å². The van der Waals surface area contributed by atoms with Crippen molar-refractivity contribution in [2.75, 3.05) is 26.7 Å². The fraction of sp³-hybridized carbons (Fsp3) is 0.800. The molecule has 0 spiro atoms. The van der Waals surface area contributed by atoms with Crippen molar-refractivity contribution in [2.45, 2.75) is 26.7 Å². The van der Waals surface area contributed by atoms with Gasteiger partial charge in [-0.2, -0.15) is 0 Å². The van der Waals surface area contributed by atoms with Gasteiger partial charge in [-0.05, 0) is 26.8 Å². The van der Waals surface area contributed by atoms with Gasteiger partial charge in [-0.3, -0.25) is 0 Å². The second-order valence-electron chi connectivity index (χ2n) is 3.59. The van der Waals surface area contributed by atoms with E-state index < -0.39 is 0 Å². The lowest BCUT2D eigenvalue weighted by molar-refractivity contribution is 0.331. The van der Waals surface area contributed by atoms with Crippen LogP contribution in [0.5, 0.6) is 0 Å². The van der Waals surface area contributed by atoms with E-state index in [1.54, 1.807) is 0 Å². The number of allylic oxidation sites excluding steroid dienone is 1. The molecule has 0 aromatic carbocycles. The second-order valence-corrected chi connectivity index (χ2v) is 3.59. The minimum absolute atomic E-state index is 1.09. The molecule has 12 heavy (non-hydrogen) atoms. The Morgan fingerprint density at radius 3 is 2.83 bits per heavy atom. The normalized spacial score (nSPS) is 27.6. The van der Waals surface area contributed by atoms with Crippen LogP contribution in [0.4, 0.5) is 0 Å². The van der Waals surface area contributed by atoms with E-state index >= 15 is 0 Å². The van der Waals surface area contributed by atoms with Crippen molar-refractivity contribution in [3.63, 3.8) is 0 Å². The predicted octanol–water partition coefficient (Wildman–Crippen LogP) is 1.60. The van der Waals surface area contributed by atoms with E-state index in [-0.39, 0.29) is 0 Å². The highest BCUT2D eigenvalue weighted by molar-refractivity contribution is 5.10. The Balaban J connectivity index is 2.58. The standard InChI is InChI=1S/C10H20N2/c1-4-10-9(2)5-7-12(3)8-6-11-10/h11H,4-8H2,1-3H3/b10-9-. The summed E-state index contributed by atoms with van der Waals surface area (Å²) in [6.07, 6.45) is 2.36. The zero-order valence-electron chi connectivity index (χ0n) is 8.48. The van der Waals surface area contributed by atoms with Crippen molar-refractivity contribution >= 4 is 0 Å². The molecule has 0 fully saturated rings. The van der Waals surface area contributed by atoms with Crippen LogP contribution in [0.3, 0.4) is 0 Å². The van der Waals surface area contributed by atoms with Crippen LogP contribution in [-0.2, 0) is 0 Å². The van der Waals surface area contributed by atoms with Gasteiger partial charge in [0.2, 0.25) is 0 Å². The van der Waals surface area contributed by atoms with E-state index in [9.17, 15) is 0 Å². The van der Waals surface area contributed by atoms with Crippen LogP contribution in [0.25, 0.3) is 0 Å². The first-order valence-corrected chi connectivity index (χ1v) is 4.85. The molecule has 0 aromatic rings. The van der Waals surface area contributed by atoms with Crippen molar-refractivity contribution in [3.05, 3.63) is 11.3 Å². The third-order valence-electron chi connectivity index (χ3n) is 2.57.